The predicted molar refractivity (Wildman–Crippen MR) is 73.2 cm³/mol. The molecule has 1 heterocycles. The number of carbonyl (C=O) groups excluding carboxylic acids is 2. The van der Waals surface area contributed by atoms with E-state index in [1.807, 2.05) is 0 Å². The fourth-order valence-corrected chi connectivity index (χ4v) is 5.45. The Kier molecular flexibility index (Phi) is 3.85. The van der Waals surface area contributed by atoms with Crippen LogP contribution in [-0.4, -0.2) is 51.1 Å². The Morgan fingerprint density at radius 1 is 1.36 bits per heavy atom. The number of ether oxygens (including phenoxy) is 2. The van der Waals surface area contributed by atoms with Crippen molar-refractivity contribution >= 4 is 22.2 Å². The van der Waals surface area contributed by atoms with Gasteiger partial charge in [0.2, 0.25) is 0 Å². The number of hydrogen-bond donors (Lipinski definition) is 1. The molecule has 0 aromatic rings. The summed E-state index contributed by atoms with van der Waals surface area (Å²) in [5.41, 5.74) is 0. The molecule has 9 heteroatoms. The fraction of sp³-hybridized carbons (Fsp3) is 0.692. The molecule has 1 saturated heterocycles. The number of rotatable bonds is 5. The minimum atomic E-state index is -3.51. The number of hydrogen-bond acceptors (Lipinski definition) is 7. The molecule has 0 radical (unpaired) electrons. The smallest absolute Gasteiger partial charge is 0.407 e. The van der Waals surface area contributed by atoms with Crippen molar-refractivity contribution in [3.05, 3.63) is 12.7 Å². The van der Waals surface area contributed by atoms with Gasteiger partial charge in [-0.25, -0.2) is 9.59 Å². The summed E-state index contributed by atoms with van der Waals surface area (Å²) in [6.45, 7) is 3.36. The van der Waals surface area contributed by atoms with Crippen molar-refractivity contribution in [1.29, 1.82) is 0 Å². The first-order valence-corrected chi connectivity index (χ1v) is 8.55. The van der Waals surface area contributed by atoms with E-state index >= 15 is 0 Å². The Labute approximate surface area is 127 Å². The fourth-order valence-electron chi connectivity index (χ4n) is 3.57. The number of fused-ring (bicyclic) bond motifs is 1. The van der Waals surface area contributed by atoms with Crippen LogP contribution in [0.25, 0.3) is 0 Å². The summed E-state index contributed by atoms with van der Waals surface area (Å²) in [7, 11) is -3.51. The van der Waals surface area contributed by atoms with Crippen molar-refractivity contribution in [2.24, 2.45) is 11.8 Å². The molecule has 2 aliphatic carbocycles. The highest BCUT2D eigenvalue weighted by Gasteiger charge is 2.65. The molecule has 2 bridgehead atoms. The predicted octanol–water partition coefficient (Wildman–Crippen LogP) is -0.0526. The number of nitrogens with one attached hydrogen (secondary N) is 1. The van der Waals surface area contributed by atoms with Crippen LogP contribution in [0, 0.1) is 11.8 Å². The van der Waals surface area contributed by atoms with Gasteiger partial charge in [-0.2, -0.15) is 8.42 Å². The Morgan fingerprint density at radius 3 is 2.86 bits per heavy atom. The van der Waals surface area contributed by atoms with Gasteiger partial charge in [0.25, 0.3) is 10.1 Å². The number of carbonyl (C=O) groups is 2. The van der Waals surface area contributed by atoms with Gasteiger partial charge in [-0.15, -0.1) is 0 Å². The maximum absolute atomic E-state index is 11.8. The van der Waals surface area contributed by atoms with Gasteiger partial charge in [-0.1, -0.05) is 6.58 Å². The minimum Gasteiger partial charge on any atom is -0.461 e. The van der Waals surface area contributed by atoms with Crippen LogP contribution >= 0.6 is 0 Å². The van der Waals surface area contributed by atoms with Crippen LogP contribution in [0.2, 0.25) is 0 Å². The molecule has 122 valence electrons. The van der Waals surface area contributed by atoms with Gasteiger partial charge in [-0.05, 0) is 12.8 Å². The molecule has 1 N–H and O–H groups in total. The summed E-state index contributed by atoms with van der Waals surface area (Å²) in [5, 5.41) is 2.01. The van der Waals surface area contributed by atoms with E-state index in [9.17, 15) is 18.0 Å². The zero-order chi connectivity index (χ0) is 15.9. The molecule has 5 atom stereocenters. The monoisotopic (exact) mass is 331 g/mol. The number of alkyl carbamates (subject to hydrolysis) is 1. The van der Waals surface area contributed by atoms with E-state index in [0.29, 0.717) is 12.8 Å². The third kappa shape index (κ3) is 2.58. The molecule has 1 amide bonds. The molecule has 3 fully saturated rings. The van der Waals surface area contributed by atoms with Crippen molar-refractivity contribution in [3.8, 4) is 0 Å². The highest BCUT2D eigenvalue weighted by Crippen LogP contribution is 2.55. The SMILES string of the molecule is C=CC(=O)OCCNC(=O)OC1C2CC3C1OS(=O)(=O)C3C2. The zero-order valence-electron chi connectivity index (χ0n) is 11.8. The van der Waals surface area contributed by atoms with E-state index in [2.05, 4.69) is 11.9 Å². The van der Waals surface area contributed by atoms with Crippen LogP contribution in [0.15, 0.2) is 12.7 Å². The average molecular weight is 331 g/mol. The highest BCUT2D eigenvalue weighted by molar-refractivity contribution is 7.87. The molecule has 5 unspecified atom stereocenters. The van der Waals surface area contributed by atoms with Gasteiger partial charge in [0.05, 0.1) is 11.8 Å². The lowest BCUT2D eigenvalue weighted by Gasteiger charge is -2.24. The first-order valence-electron chi connectivity index (χ1n) is 7.08. The average Bonchev–Trinajstić information content (AvgIpc) is 3.07. The molecule has 2 saturated carbocycles. The maximum atomic E-state index is 11.8. The van der Waals surface area contributed by atoms with Crippen molar-refractivity contribution in [2.45, 2.75) is 30.3 Å². The third-order valence-electron chi connectivity index (χ3n) is 4.44. The Morgan fingerprint density at radius 2 is 2.14 bits per heavy atom. The molecule has 0 spiro atoms. The molecule has 0 aromatic carbocycles. The van der Waals surface area contributed by atoms with E-state index in [-0.39, 0.29) is 25.0 Å². The van der Waals surface area contributed by atoms with Crippen molar-refractivity contribution < 1.29 is 31.7 Å². The first kappa shape index (κ1) is 15.3. The quantitative estimate of drug-likeness (QED) is 0.325. The lowest BCUT2D eigenvalue weighted by atomic mass is 9.94. The Bertz CT molecular complexity index is 602. The van der Waals surface area contributed by atoms with E-state index in [4.69, 9.17) is 13.7 Å². The molecule has 8 nitrogen and oxygen atoms in total. The normalized spacial score (nSPS) is 36.8. The van der Waals surface area contributed by atoms with E-state index in [0.717, 1.165) is 6.08 Å². The van der Waals surface area contributed by atoms with Crippen molar-refractivity contribution in [3.63, 3.8) is 0 Å². The third-order valence-corrected chi connectivity index (χ3v) is 6.21. The van der Waals surface area contributed by atoms with Gasteiger partial charge < -0.3 is 14.8 Å². The van der Waals surface area contributed by atoms with E-state index in [1.165, 1.54) is 0 Å². The second-order valence-corrected chi connectivity index (χ2v) is 7.44. The summed E-state index contributed by atoms with van der Waals surface area (Å²) in [5.74, 6) is -0.609. The molecule has 1 aliphatic heterocycles. The Balaban J connectivity index is 1.47. The van der Waals surface area contributed by atoms with Crippen LogP contribution in [0.5, 0.6) is 0 Å². The standard InChI is InChI=1S/C13H17NO7S/c1-2-10(15)19-4-3-14-13(16)20-11-7-5-8-9(6-7)22(17,18)21-12(8)11/h2,7-9,11-12H,1,3-6H2,(H,14,16). The molecular weight excluding hydrogens is 314 g/mol. The van der Waals surface area contributed by atoms with Crippen LogP contribution in [-0.2, 0) is 28.6 Å². The van der Waals surface area contributed by atoms with Gasteiger partial charge in [0, 0.05) is 17.9 Å². The summed E-state index contributed by atoms with van der Waals surface area (Å²) in [6, 6.07) is 0. The highest BCUT2D eigenvalue weighted by atomic mass is 32.2. The van der Waals surface area contributed by atoms with Gasteiger partial charge in [-0.3, -0.25) is 4.18 Å². The maximum Gasteiger partial charge on any atom is 0.407 e. The van der Waals surface area contributed by atoms with Crippen LogP contribution in [0.1, 0.15) is 12.8 Å². The minimum absolute atomic E-state index is 0.00700. The van der Waals surface area contributed by atoms with Crippen LogP contribution in [0.3, 0.4) is 0 Å². The molecule has 3 rings (SSSR count). The van der Waals surface area contributed by atoms with Gasteiger partial charge in [0.15, 0.2) is 0 Å². The van der Waals surface area contributed by atoms with Crippen molar-refractivity contribution in [1.82, 2.24) is 5.32 Å². The second kappa shape index (κ2) is 5.54. The molecule has 3 aliphatic rings. The van der Waals surface area contributed by atoms with Gasteiger partial charge in [0.1, 0.15) is 18.8 Å². The first-order chi connectivity index (χ1) is 10.4. The summed E-state index contributed by atoms with van der Waals surface area (Å²) in [6.07, 6.45) is 0.466. The molecular formula is C13H17NO7S. The topological polar surface area (TPSA) is 108 Å². The number of esters is 1. The Hall–Kier alpha value is -1.61. The second-order valence-electron chi connectivity index (χ2n) is 5.66. The summed E-state index contributed by atoms with van der Waals surface area (Å²) in [4.78, 5) is 22.5. The lowest BCUT2D eigenvalue weighted by Crippen LogP contribution is -2.40. The molecule has 22 heavy (non-hydrogen) atoms. The lowest BCUT2D eigenvalue weighted by molar-refractivity contribution is -0.137. The van der Waals surface area contributed by atoms with Crippen LogP contribution in [0.4, 0.5) is 4.79 Å². The summed E-state index contributed by atoms with van der Waals surface area (Å²) >= 11 is 0. The zero-order valence-corrected chi connectivity index (χ0v) is 12.6. The van der Waals surface area contributed by atoms with E-state index in [1.54, 1.807) is 0 Å². The van der Waals surface area contributed by atoms with Crippen molar-refractivity contribution in [2.75, 3.05) is 13.2 Å². The summed E-state index contributed by atoms with van der Waals surface area (Å²) < 4.78 is 38.7. The van der Waals surface area contributed by atoms with E-state index < -0.39 is 39.6 Å². The van der Waals surface area contributed by atoms with Gasteiger partial charge >= 0.3 is 12.1 Å². The molecule has 0 aromatic heterocycles. The van der Waals surface area contributed by atoms with Crippen LogP contribution < -0.4 is 5.32 Å². The largest absolute Gasteiger partial charge is 0.461 e. The number of amides is 1.